The normalized spacial score (nSPS) is 19.2. The molecule has 0 radical (unpaired) electrons. The molecular formula is C12H27N3O2S2. The highest BCUT2D eigenvalue weighted by Crippen LogP contribution is 2.39. The van der Waals surface area contributed by atoms with E-state index in [1.54, 1.807) is 18.8 Å². The van der Waals surface area contributed by atoms with Crippen LogP contribution in [-0.2, 0) is 10.2 Å². The number of thioether (sulfide) groups is 1. The second-order valence-corrected chi connectivity index (χ2v) is 8.34. The fourth-order valence-corrected chi connectivity index (χ4v) is 4.46. The maximum Gasteiger partial charge on any atom is 0.279 e. The molecule has 0 spiro atoms. The topological polar surface area (TPSA) is 61.4 Å². The minimum Gasteiger partial charge on any atom is -0.320 e. The molecule has 1 aliphatic carbocycles. The zero-order chi connectivity index (χ0) is 14.4. The standard InChI is InChI=1S/C12H27N3O2S2/c1-13-9-6-10-15(2)19(16,17)14-11-12(18-3)7-4-5-8-12/h13-14H,4-11H2,1-3H3. The van der Waals surface area contributed by atoms with Gasteiger partial charge >= 0.3 is 0 Å². The average molecular weight is 310 g/mol. The van der Waals surface area contributed by atoms with Gasteiger partial charge in [0.05, 0.1) is 0 Å². The van der Waals surface area contributed by atoms with Crippen molar-refractivity contribution in [3.63, 3.8) is 0 Å². The molecule has 0 aromatic rings. The van der Waals surface area contributed by atoms with Gasteiger partial charge < -0.3 is 5.32 Å². The van der Waals surface area contributed by atoms with E-state index in [9.17, 15) is 8.42 Å². The first-order chi connectivity index (χ1) is 8.96. The Kier molecular flexibility index (Phi) is 7.10. The summed E-state index contributed by atoms with van der Waals surface area (Å²) in [6.07, 6.45) is 7.54. The molecule has 114 valence electrons. The van der Waals surface area contributed by atoms with Gasteiger partial charge in [-0.25, -0.2) is 4.72 Å². The minimum absolute atomic E-state index is 0.110. The molecule has 1 aliphatic rings. The van der Waals surface area contributed by atoms with Crippen molar-refractivity contribution in [1.82, 2.24) is 14.3 Å². The highest BCUT2D eigenvalue weighted by Gasteiger charge is 2.34. The van der Waals surface area contributed by atoms with Gasteiger partial charge in [0.25, 0.3) is 10.2 Å². The zero-order valence-corrected chi connectivity index (χ0v) is 13.9. The van der Waals surface area contributed by atoms with E-state index >= 15 is 0 Å². The van der Waals surface area contributed by atoms with Gasteiger partial charge in [0.2, 0.25) is 0 Å². The van der Waals surface area contributed by atoms with Gasteiger partial charge in [0.1, 0.15) is 0 Å². The van der Waals surface area contributed by atoms with Crippen molar-refractivity contribution in [2.45, 2.75) is 36.9 Å². The quantitative estimate of drug-likeness (QED) is 0.625. The summed E-state index contributed by atoms with van der Waals surface area (Å²) in [4.78, 5) is 0. The first kappa shape index (κ1) is 17.2. The molecule has 0 aromatic carbocycles. The Morgan fingerprint density at radius 3 is 2.47 bits per heavy atom. The molecule has 7 heteroatoms. The van der Waals surface area contributed by atoms with Gasteiger partial charge in [-0.15, -0.1) is 0 Å². The van der Waals surface area contributed by atoms with Crippen molar-refractivity contribution in [2.75, 3.05) is 40.0 Å². The van der Waals surface area contributed by atoms with Crippen molar-refractivity contribution in [2.24, 2.45) is 0 Å². The third kappa shape index (κ3) is 5.23. The van der Waals surface area contributed by atoms with Crippen molar-refractivity contribution >= 4 is 22.0 Å². The molecule has 0 heterocycles. The van der Waals surface area contributed by atoms with Crippen LogP contribution < -0.4 is 10.0 Å². The van der Waals surface area contributed by atoms with Crippen LogP contribution in [0.5, 0.6) is 0 Å². The third-order valence-corrected chi connectivity index (χ3v) is 6.77. The van der Waals surface area contributed by atoms with Crippen LogP contribution in [0.2, 0.25) is 0 Å². The zero-order valence-electron chi connectivity index (χ0n) is 12.2. The molecule has 2 N–H and O–H groups in total. The van der Waals surface area contributed by atoms with Crippen LogP contribution in [0.25, 0.3) is 0 Å². The largest absolute Gasteiger partial charge is 0.320 e. The van der Waals surface area contributed by atoms with Gasteiger partial charge in [-0.1, -0.05) is 12.8 Å². The lowest BCUT2D eigenvalue weighted by atomic mass is 10.1. The number of rotatable bonds is 9. The van der Waals surface area contributed by atoms with Crippen LogP contribution in [0.3, 0.4) is 0 Å². The molecule has 0 atom stereocenters. The number of nitrogens with one attached hydrogen (secondary N) is 2. The number of hydrogen-bond acceptors (Lipinski definition) is 4. The lowest BCUT2D eigenvalue weighted by molar-refractivity contribution is 0.442. The van der Waals surface area contributed by atoms with Crippen LogP contribution in [0, 0.1) is 0 Å². The van der Waals surface area contributed by atoms with Crippen LogP contribution in [0.4, 0.5) is 0 Å². The molecular weight excluding hydrogens is 282 g/mol. The van der Waals surface area contributed by atoms with E-state index in [0.717, 1.165) is 25.8 Å². The average Bonchev–Trinajstić information content (AvgIpc) is 2.86. The highest BCUT2D eigenvalue weighted by molar-refractivity contribution is 8.00. The molecule has 1 rings (SSSR count). The lowest BCUT2D eigenvalue weighted by Crippen LogP contribution is -2.45. The monoisotopic (exact) mass is 309 g/mol. The Morgan fingerprint density at radius 2 is 1.95 bits per heavy atom. The maximum absolute atomic E-state index is 12.1. The Balaban J connectivity index is 2.45. The first-order valence-corrected chi connectivity index (χ1v) is 9.53. The first-order valence-electron chi connectivity index (χ1n) is 6.86. The van der Waals surface area contributed by atoms with Gasteiger partial charge in [-0.3, -0.25) is 0 Å². The summed E-state index contributed by atoms with van der Waals surface area (Å²) in [5.74, 6) is 0. The van der Waals surface area contributed by atoms with Crippen molar-refractivity contribution in [3.05, 3.63) is 0 Å². The lowest BCUT2D eigenvalue weighted by Gasteiger charge is -2.28. The number of nitrogens with zero attached hydrogens (tertiary/aromatic N) is 1. The van der Waals surface area contributed by atoms with E-state index in [-0.39, 0.29) is 4.75 Å². The van der Waals surface area contributed by atoms with Crippen molar-refractivity contribution in [3.8, 4) is 0 Å². The SMILES string of the molecule is CNCCCN(C)S(=O)(=O)NCC1(SC)CCCC1. The Bertz CT molecular complexity index is 354. The predicted molar refractivity (Wildman–Crippen MR) is 82.8 cm³/mol. The predicted octanol–water partition coefficient (Wildman–Crippen LogP) is 1.04. The van der Waals surface area contributed by atoms with E-state index in [2.05, 4.69) is 16.3 Å². The molecule has 5 nitrogen and oxygen atoms in total. The molecule has 1 fully saturated rings. The second kappa shape index (κ2) is 7.83. The number of hydrogen-bond donors (Lipinski definition) is 2. The summed E-state index contributed by atoms with van der Waals surface area (Å²) in [7, 11) is 0.173. The fourth-order valence-electron chi connectivity index (χ4n) is 2.40. The summed E-state index contributed by atoms with van der Waals surface area (Å²) in [5, 5.41) is 3.02. The van der Waals surface area contributed by atoms with Crippen LogP contribution in [0.15, 0.2) is 0 Å². The van der Waals surface area contributed by atoms with E-state index < -0.39 is 10.2 Å². The van der Waals surface area contributed by atoms with Crippen LogP contribution in [-0.4, -0.2) is 57.5 Å². The van der Waals surface area contributed by atoms with E-state index in [4.69, 9.17) is 0 Å². The van der Waals surface area contributed by atoms with Gasteiger partial charge in [-0.2, -0.15) is 24.5 Å². The fraction of sp³-hybridized carbons (Fsp3) is 1.00. The minimum atomic E-state index is -3.33. The Labute approximate surface area is 122 Å². The van der Waals surface area contributed by atoms with E-state index in [1.165, 1.54) is 17.1 Å². The molecule has 0 bridgehead atoms. The molecule has 0 saturated heterocycles. The summed E-state index contributed by atoms with van der Waals surface area (Å²) in [5.41, 5.74) is 0. The molecule has 1 saturated carbocycles. The van der Waals surface area contributed by atoms with Gasteiger partial charge in [0, 0.05) is 24.9 Å². The van der Waals surface area contributed by atoms with Gasteiger partial charge in [0.15, 0.2) is 0 Å². The smallest absolute Gasteiger partial charge is 0.279 e. The van der Waals surface area contributed by atoms with Gasteiger partial charge in [-0.05, 0) is 39.1 Å². The molecule has 0 unspecified atom stereocenters. The second-order valence-electron chi connectivity index (χ2n) is 5.20. The van der Waals surface area contributed by atoms with Crippen LogP contribution >= 0.6 is 11.8 Å². The van der Waals surface area contributed by atoms with E-state index in [0.29, 0.717) is 13.1 Å². The summed E-state index contributed by atoms with van der Waals surface area (Å²) in [6.45, 7) is 1.92. The summed E-state index contributed by atoms with van der Waals surface area (Å²) < 4.78 is 28.5. The molecule has 0 aliphatic heterocycles. The van der Waals surface area contributed by atoms with E-state index in [1.807, 2.05) is 7.05 Å². The molecule has 0 amide bonds. The summed E-state index contributed by atoms with van der Waals surface area (Å²) >= 11 is 1.80. The maximum atomic E-state index is 12.1. The Hall–Kier alpha value is 0.180. The molecule has 19 heavy (non-hydrogen) atoms. The van der Waals surface area contributed by atoms with Crippen molar-refractivity contribution < 1.29 is 8.42 Å². The molecule has 0 aromatic heterocycles. The third-order valence-electron chi connectivity index (χ3n) is 3.83. The summed E-state index contributed by atoms with van der Waals surface area (Å²) in [6, 6.07) is 0. The van der Waals surface area contributed by atoms with Crippen molar-refractivity contribution in [1.29, 1.82) is 0 Å². The van der Waals surface area contributed by atoms with Crippen LogP contribution in [0.1, 0.15) is 32.1 Å². The Morgan fingerprint density at radius 1 is 1.32 bits per heavy atom. The highest BCUT2D eigenvalue weighted by atomic mass is 32.2.